The normalized spacial score (nSPS) is 11.0. The molecule has 0 aliphatic heterocycles. The number of carbonyl (C=O) groups is 1. The van der Waals surface area contributed by atoms with E-state index in [4.69, 9.17) is 0 Å². The number of fused-ring (bicyclic) bond motifs is 1. The molecule has 130 valence electrons. The van der Waals surface area contributed by atoms with Gasteiger partial charge in [0, 0.05) is 47.5 Å². The van der Waals surface area contributed by atoms with Crippen LogP contribution in [0.25, 0.3) is 21.6 Å². The summed E-state index contributed by atoms with van der Waals surface area (Å²) in [7, 11) is 1.89. The summed E-state index contributed by atoms with van der Waals surface area (Å²) in [5.41, 5.74) is 1.90. The van der Waals surface area contributed by atoms with E-state index in [0.29, 0.717) is 5.01 Å². The number of anilines is 1. The Balaban J connectivity index is 1.64. The van der Waals surface area contributed by atoms with Gasteiger partial charge >= 0.3 is 0 Å². The molecular weight excluding hydrogens is 358 g/mol. The lowest BCUT2D eigenvalue weighted by molar-refractivity contribution is 0.102. The quantitative estimate of drug-likeness (QED) is 0.587. The van der Waals surface area contributed by atoms with Gasteiger partial charge in [-0.15, -0.1) is 11.3 Å². The minimum absolute atomic E-state index is 0.0383. The van der Waals surface area contributed by atoms with Gasteiger partial charge in [0.1, 0.15) is 28.0 Å². The second-order valence-corrected chi connectivity index (χ2v) is 6.54. The van der Waals surface area contributed by atoms with E-state index in [-0.39, 0.29) is 11.4 Å². The third-order valence-electron chi connectivity index (χ3n) is 3.82. The zero-order valence-corrected chi connectivity index (χ0v) is 14.3. The number of nitrogens with zero attached hydrogens (tertiary/aromatic N) is 3. The minimum Gasteiger partial charge on any atom is -0.335 e. The van der Waals surface area contributed by atoms with Crippen LogP contribution < -0.4 is 5.32 Å². The average Bonchev–Trinajstić information content (AvgIpc) is 3.19. The molecular formula is C18H12F2N4OS. The summed E-state index contributed by atoms with van der Waals surface area (Å²) in [6.07, 6.45) is 3.62. The van der Waals surface area contributed by atoms with Crippen molar-refractivity contribution in [2.45, 2.75) is 0 Å². The molecule has 1 N–H and O–H groups in total. The summed E-state index contributed by atoms with van der Waals surface area (Å²) >= 11 is 1.31. The highest BCUT2D eigenvalue weighted by Crippen LogP contribution is 2.31. The summed E-state index contributed by atoms with van der Waals surface area (Å²) in [6.45, 7) is 0. The molecule has 0 saturated carbocycles. The number of hydrogen-bond donors (Lipinski definition) is 1. The highest BCUT2D eigenvalue weighted by atomic mass is 32.1. The number of aromatic nitrogens is 3. The zero-order chi connectivity index (χ0) is 18.3. The molecule has 0 unspecified atom stereocenters. The minimum atomic E-state index is -0.762. The largest absolute Gasteiger partial charge is 0.335 e. The number of rotatable bonds is 3. The number of thiazole rings is 1. The summed E-state index contributed by atoms with van der Waals surface area (Å²) in [4.78, 5) is 21.0. The number of aryl methyl sites for hydroxylation is 1. The van der Waals surface area contributed by atoms with Crippen molar-refractivity contribution < 1.29 is 13.6 Å². The first-order valence-electron chi connectivity index (χ1n) is 7.64. The van der Waals surface area contributed by atoms with Crippen molar-refractivity contribution >= 4 is 34.0 Å². The second-order valence-electron chi connectivity index (χ2n) is 5.68. The molecule has 0 atom stereocenters. The monoisotopic (exact) mass is 370 g/mol. The van der Waals surface area contributed by atoms with Crippen LogP contribution in [0, 0.1) is 11.6 Å². The topological polar surface area (TPSA) is 59.8 Å². The molecule has 0 spiro atoms. The van der Waals surface area contributed by atoms with Gasteiger partial charge in [-0.25, -0.2) is 18.7 Å². The fourth-order valence-electron chi connectivity index (χ4n) is 2.71. The smallest absolute Gasteiger partial charge is 0.275 e. The van der Waals surface area contributed by atoms with Crippen LogP contribution in [-0.4, -0.2) is 20.4 Å². The van der Waals surface area contributed by atoms with Crippen LogP contribution in [0.1, 0.15) is 10.5 Å². The van der Waals surface area contributed by atoms with Crippen molar-refractivity contribution in [2.75, 3.05) is 5.32 Å². The van der Waals surface area contributed by atoms with E-state index in [9.17, 15) is 13.6 Å². The van der Waals surface area contributed by atoms with E-state index in [1.54, 1.807) is 11.6 Å². The Morgan fingerprint density at radius 1 is 1.23 bits per heavy atom. The van der Waals surface area contributed by atoms with Crippen LogP contribution in [-0.2, 0) is 7.05 Å². The molecule has 8 heteroatoms. The highest BCUT2D eigenvalue weighted by molar-refractivity contribution is 7.13. The van der Waals surface area contributed by atoms with Gasteiger partial charge in [0.15, 0.2) is 0 Å². The Labute approximate surface area is 150 Å². The van der Waals surface area contributed by atoms with E-state index < -0.39 is 17.5 Å². The first kappa shape index (κ1) is 16.3. The molecule has 3 heterocycles. The molecule has 0 radical (unpaired) electrons. The van der Waals surface area contributed by atoms with E-state index in [1.165, 1.54) is 11.3 Å². The summed E-state index contributed by atoms with van der Waals surface area (Å²) in [5.74, 6) is -2.05. The number of carbonyl (C=O) groups excluding carboxylic acids is 1. The van der Waals surface area contributed by atoms with Crippen molar-refractivity contribution in [3.63, 3.8) is 0 Å². The predicted octanol–water partition coefficient (Wildman–Crippen LogP) is 4.23. The fourth-order valence-corrected chi connectivity index (χ4v) is 3.53. The number of hydrogen-bond acceptors (Lipinski definition) is 4. The van der Waals surface area contributed by atoms with E-state index in [0.717, 1.165) is 34.8 Å². The number of nitrogens with one attached hydrogen (secondary N) is 1. The lowest BCUT2D eigenvalue weighted by Crippen LogP contribution is -2.12. The van der Waals surface area contributed by atoms with Crippen molar-refractivity contribution in [1.82, 2.24) is 14.5 Å². The Kier molecular flexibility index (Phi) is 3.96. The van der Waals surface area contributed by atoms with Gasteiger partial charge in [0.2, 0.25) is 0 Å². The average molecular weight is 370 g/mol. The van der Waals surface area contributed by atoms with Crippen LogP contribution in [0.3, 0.4) is 0 Å². The fraction of sp³-hybridized carbons (Fsp3) is 0.0556. The van der Waals surface area contributed by atoms with E-state index >= 15 is 0 Å². The van der Waals surface area contributed by atoms with Crippen LogP contribution in [0.5, 0.6) is 0 Å². The number of pyridine rings is 1. The molecule has 5 nitrogen and oxygen atoms in total. The van der Waals surface area contributed by atoms with Gasteiger partial charge < -0.3 is 9.88 Å². The Morgan fingerprint density at radius 3 is 2.77 bits per heavy atom. The van der Waals surface area contributed by atoms with Gasteiger partial charge in [0.05, 0.1) is 0 Å². The third-order valence-corrected chi connectivity index (χ3v) is 4.70. The SMILES string of the molecule is Cn1cc(-c2nc(C(=O)Nc3cc(F)cc(F)c3)cs2)c2cccnc21. The van der Waals surface area contributed by atoms with E-state index in [1.807, 2.05) is 29.9 Å². The number of halogens is 2. The maximum atomic E-state index is 13.2. The lowest BCUT2D eigenvalue weighted by atomic mass is 10.2. The molecule has 0 fully saturated rings. The number of benzene rings is 1. The maximum Gasteiger partial charge on any atom is 0.275 e. The lowest BCUT2D eigenvalue weighted by Gasteiger charge is -2.03. The van der Waals surface area contributed by atoms with Crippen LogP contribution in [0.4, 0.5) is 14.5 Å². The molecule has 0 saturated heterocycles. The Morgan fingerprint density at radius 2 is 2.00 bits per heavy atom. The maximum absolute atomic E-state index is 13.2. The molecule has 26 heavy (non-hydrogen) atoms. The van der Waals surface area contributed by atoms with Gasteiger partial charge in [-0.1, -0.05) is 0 Å². The molecule has 4 rings (SSSR count). The Bertz CT molecular complexity index is 1120. The predicted molar refractivity (Wildman–Crippen MR) is 96.1 cm³/mol. The molecule has 1 amide bonds. The summed E-state index contributed by atoms with van der Waals surface area (Å²) < 4.78 is 28.4. The third kappa shape index (κ3) is 2.95. The Hall–Kier alpha value is -3.13. The van der Waals surface area contributed by atoms with Gasteiger partial charge in [-0.2, -0.15) is 0 Å². The highest BCUT2D eigenvalue weighted by Gasteiger charge is 2.16. The molecule has 1 aromatic carbocycles. The van der Waals surface area contributed by atoms with Crippen LogP contribution >= 0.6 is 11.3 Å². The van der Waals surface area contributed by atoms with Crippen molar-refractivity contribution in [1.29, 1.82) is 0 Å². The molecule has 0 aliphatic rings. The van der Waals surface area contributed by atoms with Crippen LogP contribution in [0.15, 0.2) is 48.1 Å². The standard InChI is InChI=1S/C18H12F2N4OS/c1-24-8-14(13-3-2-4-21-16(13)24)18-23-15(9-26-18)17(25)22-12-6-10(19)5-11(20)7-12/h2-9H,1H3,(H,22,25). The summed E-state index contributed by atoms with van der Waals surface area (Å²) in [5, 5.41) is 5.66. The second kappa shape index (κ2) is 6.30. The van der Waals surface area contributed by atoms with Gasteiger partial charge in [-0.3, -0.25) is 4.79 Å². The molecule has 3 aromatic heterocycles. The molecule has 4 aromatic rings. The van der Waals surface area contributed by atoms with Crippen molar-refractivity contribution in [3.05, 3.63) is 65.4 Å². The number of amides is 1. The first-order valence-corrected chi connectivity index (χ1v) is 8.52. The first-order chi connectivity index (χ1) is 12.5. The van der Waals surface area contributed by atoms with Gasteiger partial charge in [-0.05, 0) is 24.3 Å². The van der Waals surface area contributed by atoms with Crippen LogP contribution in [0.2, 0.25) is 0 Å². The van der Waals surface area contributed by atoms with Crippen molar-refractivity contribution in [2.24, 2.45) is 7.05 Å². The zero-order valence-electron chi connectivity index (χ0n) is 13.5. The molecule has 0 aliphatic carbocycles. The summed E-state index contributed by atoms with van der Waals surface area (Å²) in [6, 6.07) is 6.61. The van der Waals surface area contributed by atoms with E-state index in [2.05, 4.69) is 15.3 Å². The van der Waals surface area contributed by atoms with Crippen molar-refractivity contribution in [3.8, 4) is 10.6 Å². The van der Waals surface area contributed by atoms with Gasteiger partial charge in [0.25, 0.3) is 5.91 Å². The molecule has 0 bridgehead atoms.